The number of amides is 1. The van der Waals surface area contributed by atoms with Gasteiger partial charge in [-0.3, -0.25) is 4.79 Å². The van der Waals surface area contributed by atoms with Crippen LogP contribution in [0.25, 0.3) is 0 Å². The molecule has 0 heterocycles. The highest BCUT2D eigenvalue weighted by molar-refractivity contribution is 5.79. The molecule has 2 atom stereocenters. The molecule has 2 unspecified atom stereocenters. The van der Waals surface area contributed by atoms with E-state index >= 15 is 0 Å². The van der Waals surface area contributed by atoms with Crippen molar-refractivity contribution in [1.29, 1.82) is 0 Å². The van der Waals surface area contributed by atoms with E-state index in [0.29, 0.717) is 18.4 Å². The van der Waals surface area contributed by atoms with Crippen molar-refractivity contribution in [2.24, 2.45) is 5.92 Å². The molecule has 1 fully saturated rings. The average Bonchev–Trinajstić information content (AvgIpc) is 2.74. The first-order chi connectivity index (χ1) is 8.18. The standard InChI is InChI=1S/C13H16FNO2/c14-11-6-2-1-4-9(11)8-15-13(17)10-5-3-7-12(10)16/h1-2,4,6,10,12,16H,3,5,7-8H2,(H,15,17). The molecular formula is C13H16FNO2. The first-order valence-electron chi connectivity index (χ1n) is 5.87. The van der Waals surface area contributed by atoms with Crippen LogP contribution in [-0.2, 0) is 11.3 Å². The van der Waals surface area contributed by atoms with Gasteiger partial charge in [0.2, 0.25) is 5.91 Å². The van der Waals surface area contributed by atoms with Crippen LogP contribution >= 0.6 is 0 Å². The van der Waals surface area contributed by atoms with E-state index in [2.05, 4.69) is 5.32 Å². The van der Waals surface area contributed by atoms with Crippen LogP contribution in [0.2, 0.25) is 0 Å². The van der Waals surface area contributed by atoms with Gasteiger partial charge in [-0.15, -0.1) is 0 Å². The van der Waals surface area contributed by atoms with Gasteiger partial charge in [0.1, 0.15) is 5.82 Å². The van der Waals surface area contributed by atoms with Gasteiger partial charge in [0.05, 0.1) is 12.0 Å². The number of aliphatic hydroxyl groups excluding tert-OH is 1. The number of carbonyl (C=O) groups excluding carboxylic acids is 1. The van der Waals surface area contributed by atoms with E-state index < -0.39 is 6.10 Å². The minimum atomic E-state index is -0.546. The maximum Gasteiger partial charge on any atom is 0.225 e. The highest BCUT2D eigenvalue weighted by Gasteiger charge is 2.31. The fourth-order valence-corrected chi connectivity index (χ4v) is 2.20. The number of benzene rings is 1. The molecule has 4 heteroatoms. The lowest BCUT2D eigenvalue weighted by Crippen LogP contribution is -2.34. The Morgan fingerprint density at radius 3 is 2.82 bits per heavy atom. The molecular weight excluding hydrogens is 221 g/mol. The molecule has 0 bridgehead atoms. The zero-order valence-electron chi connectivity index (χ0n) is 9.53. The van der Waals surface area contributed by atoms with E-state index in [4.69, 9.17) is 0 Å². The van der Waals surface area contributed by atoms with Crippen molar-refractivity contribution in [3.63, 3.8) is 0 Å². The first kappa shape index (κ1) is 12.0. The van der Waals surface area contributed by atoms with Crippen molar-refractivity contribution in [2.45, 2.75) is 31.9 Å². The largest absolute Gasteiger partial charge is 0.392 e. The van der Waals surface area contributed by atoms with Crippen LogP contribution in [0, 0.1) is 11.7 Å². The van der Waals surface area contributed by atoms with Crippen LogP contribution in [0.4, 0.5) is 4.39 Å². The predicted octanol–water partition coefficient (Wildman–Crippen LogP) is 1.60. The van der Waals surface area contributed by atoms with Crippen LogP contribution in [0.15, 0.2) is 24.3 Å². The summed E-state index contributed by atoms with van der Waals surface area (Å²) in [5, 5.41) is 12.2. The molecule has 2 N–H and O–H groups in total. The average molecular weight is 237 g/mol. The number of aliphatic hydroxyl groups is 1. The number of rotatable bonds is 3. The summed E-state index contributed by atoms with van der Waals surface area (Å²) in [6.07, 6.45) is 1.72. The Bertz CT molecular complexity index is 408. The Morgan fingerprint density at radius 1 is 1.41 bits per heavy atom. The predicted molar refractivity (Wildman–Crippen MR) is 61.6 cm³/mol. The third-order valence-electron chi connectivity index (χ3n) is 3.23. The van der Waals surface area contributed by atoms with Crippen molar-refractivity contribution in [3.05, 3.63) is 35.6 Å². The second-order valence-corrected chi connectivity index (χ2v) is 4.41. The summed E-state index contributed by atoms with van der Waals surface area (Å²) in [6, 6.07) is 6.35. The Morgan fingerprint density at radius 2 is 2.18 bits per heavy atom. The summed E-state index contributed by atoms with van der Waals surface area (Å²) in [6.45, 7) is 0.175. The quantitative estimate of drug-likeness (QED) is 0.839. The van der Waals surface area contributed by atoms with Crippen LogP contribution < -0.4 is 5.32 Å². The van der Waals surface area contributed by atoms with Gasteiger partial charge in [0.15, 0.2) is 0 Å². The van der Waals surface area contributed by atoms with Crippen molar-refractivity contribution < 1.29 is 14.3 Å². The zero-order valence-corrected chi connectivity index (χ0v) is 9.53. The summed E-state index contributed by atoms with van der Waals surface area (Å²) in [5.41, 5.74) is 0.466. The Labute approximate surface area is 99.7 Å². The second kappa shape index (κ2) is 5.27. The van der Waals surface area contributed by atoms with E-state index in [9.17, 15) is 14.3 Å². The maximum absolute atomic E-state index is 13.3. The molecule has 17 heavy (non-hydrogen) atoms. The fourth-order valence-electron chi connectivity index (χ4n) is 2.20. The third-order valence-corrected chi connectivity index (χ3v) is 3.23. The number of nitrogens with one attached hydrogen (secondary N) is 1. The van der Waals surface area contributed by atoms with E-state index in [1.807, 2.05) is 0 Å². The lowest BCUT2D eigenvalue weighted by atomic mass is 10.1. The fraction of sp³-hybridized carbons (Fsp3) is 0.462. The van der Waals surface area contributed by atoms with Crippen LogP contribution in [0.5, 0.6) is 0 Å². The topological polar surface area (TPSA) is 49.3 Å². The lowest BCUT2D eigenvalue weighted by molar-refractivity contribution is -0.127. The molecule has 1 aliphatic carbocycles. The van der Waals surface area contributed by atoms with E-state index in [1.54, 1.807) is 18.2 Å². The minimum absolute atomic E-state index is 0.175. The molecule has 1 amide bonds. The molecule has 0 aromatic heterocycles. The molecule has 0 spiro atoms. The smallest absolute Gasteiger partial charge is 0.225 e. The molecule has 0 aliphatic heterocycles. The maximum atomic E-state index is 13.3. The highest BCUT2D eigenvalue weighted by Crippen LogP contribution is 2.25. The van der Waals surface area contributed by atoms with Crippen LogP contribution in [-0.4, -0.2) is 17.1 Å². The van der Waals surface area contributed by atoms with Crippen molar-refractivity contribution in [2.75, 3.05) is 0 Å². The molecule has 1 saturated carbocycles. The molecule has 92 valence electrons. The Balaban J connectivity index is 1.90. The van der Waals surface area contributed by atoms with Gasteiger partial charge in [-0.25, -0.2) is 4.39 Å². The number of halogens is 1. The number of hydrogen-bond donors (Lipinski definition) is 2. The van der Waals surface area contributed by atoms with Gasteiger partial charge < -0.3 is 10.4 Å². The van der Waals surface area contributed by atoms with Gasteiger partial charge in [-0.2, -0.15) is 0 Å². The lowest BCUT2D eigenvalue weighted by Gasteiger charge is -2.14. The van der Waals surface area contributed by atoms with Crippen LogP contribution in [0.1, 0.15) is 24.8 Å². The van der Waals surface area contributed by atoms with Crippen LogP contribution in [0.3, 0.4) is 0 Å². The highest BCUT2D eigenvalue weighted by atomic mass is 19.1. The van der Waals surface area contributed by atoms with Gasteiger partial charge >= 0.3 is 0 Å². The Hall–Kier alpha value is -1.42. The summed E-state index contributed by atoms with van der Waals surface area (Å²) in [4.78, 5) is 11.7. The number of carbonyl (C=O) groups is 1. The number of hydrogen-bond acceptors (Lipinski definition) is 2. The van der Waals surface area contributed by atoms with Gasteiger partial charge in [0, 0.05) is 12.1 Å². The van der Waals surface area contributed by atoms with Crippen molar-refractivity contribution >= 4 is 5.91 Å². The third kappa shape index (κ3) is 2.82. The van der Waals surface area contributed by atoms with E-state index in [1.165, 1.54) is 6.07 Å². The molecule has 1 aromatic carbocycles. The minimum Gasteiger partial charge on any atom is -0.392 e. The Kier molecular flexibility index (Phi) is 3.74. The van der Waals surface area contributed by atoms with Gasteiger partial charge in [-0.05, 0) is 25.3 Å². The van der Waals surface area contributed by atoms with Gasteiger partial charge in [0.25, 0.3) is 0 Å². The molecule has 3 nitrogen and oxygen atoms in total. The molecule has 1 aromatic rings. The summed E-state index contributed by atoms with van der Waals surface area (Å²) < 4.78 is 13.3. The molecule has 0 radical (unpaired) electrons. The second-order valence-electron chi connectivity index (χ2n) is 4.41. The summed E-state index contributed by atoms with van der Waals surface area (Å²) >= 11 is 0. The van der Waals surface area contributed by atoms with Crippen molar-refractivity contribution in [3.8, 4) is 0 Å². The summed E-state index contributed by atoms with van der Waals surface area (Å²) in [7, 11) is 0. The monoisotopic (exact) mass is 237 g/mol. The van der Waals surface area contributed by atoms with Gasteiger partial charge in [-0.1, -0.05) is 18.2 Å². The van der Waals surface area contributed by atoms with E-state index in [0.717, 1.165) is 6.42 Å². The van der Waals surface area contributed by atoms with E-state index in [-0.39, 0.29) is 24.2 Å². The SMILES string of the molecule is O=C(NCc1ccccc1F)C1CCCC1O. The molecule has 1 aliphatic rings. The zero-order chi connectivity index (χ0) is 12.3. The first-order valence-corrected chi connectivity index (χ1v) is 5.87. The normalized spacial score (nSPS) is 23.6. The summed E-state index contributed by atoms with van der Waals surface area (Å²) in [5.74, 6) is -0.834. The molecule has 0 saturated heterocycles. The molecule has 2 rings (SSSR count). The van der Waals surface area contributed by atoms with Crippen molar-refractivity contribution in [1.82, 2.24) is 5.32 Å².